The van der Waals surface area contributed by atoms with Gasteiger partial charge in [-0.15, -0.1) is 0 Å². The molecule has 104 valence electrons. The number of halogens is 1. The lowest BCUT2D eigenvalue weighted by Crippen LogP contribution is -2.35. The Morgan fingerprint density at radius 3 is 2.95 bits per heavy atom. The molecule has 0 radical (unpaired) electrons. The van der Waals surface area contributed by atoms with Gasteiger partial charge in [0.1, 0.15) is 0 Å². The summed E-state index contributed by atoms with van der Waals surface area (Å²) >= 11 is 5.81. The summed E-state index contributed by atoms with van der Waals surface area (Å²) in [6.07, 6.45) is 0.689. The molecule has 1 aromatic rings. The van der Waals surface area contributed by atoms with Crippen molar-refractivity contribution in [2.24, 2.45) is 0 Å². The first kappa shape index (κ1) is 14.1. The van der Waals surface area contributed by atoms with E-state index in [-0.39, 0.29) is 12.5 Å². The monoisotopic (exact) mass is 283 g/mol. The largest absolute Gasteiger partial charge is 0.397 e. The normalized spacial score (nSPS) is 23.5. The van der Waals surface area contributed by atoms with Gasteiger partial charge in [-0.05, 0) is 31.5 Å². The number of likely N-dealkylation sites (tertiary alicyclic amines) is 1. The van der Waals surface area contributed by atoms with Gasteiger partial charge < -0.3 is 16.2 Å². The number of nitrogen functional groups attached to an aromatic ring is 1. The quantitative estimate of drug-likeness (QED) is 0.731. The number of nitrogens with zero attached hydrogens (tertiary/aromatic N) is 1. The molecule has 1 aliphatic heterocycles. The first-order valence-corrected chi connectivity index (χ1v) is 6.53. The van der Waals surface area contributed by atoms with E-state index in [0.717, 1.165) is 6.54 Å². The van der Waals surface area contributed by atoms with Crippen LogP contribution in [0, 0.1) is 0 Å². The molecule has 1 heterocycles. The molecule has 1 atom stereocenters. The van der Waals surface area contributed by atoms with Gasteiger partial charge >= 0.3 is 0 Å². The van der Waals surface area contributed by atoms with Crippen LogP contribution in [0.4, 0.5) is 11.4 Å². The summed E-state index contributed by atoms with van der Waals surface area (Å²) in [7, 11) is 0. The summed E-state index contributed by atoms with van der Waals surface area (Å²) in [6, 6.07) is 4.98. The zero-order valence-corrected chi connectivity index (χ0v) is 11.6. The van der Waals surface area contributed by atoms with Gasteiger partial charge in [-0.3, -0.25) is 9.69 Å². The molecule has 1 fully saturated rings. The Morgan fingerprint density at radius 2 is 2.37 bits per heavy atom. The minimum Gasteiger partial charge on any atom is -0.397 e. The molecule has 0 aliphatic carbocycles. The molecule has 2 rings (SSSR count). The van der Waals surface area contributed by atoms with Crippen LogP contribution >= 0.6 is 11.6 Å². The number of carbonyl (C=O) groups is 1. The Hall–Kier alpha value is -1.30. The van der Waals surface area contributed by atoms with Crippen molar-refractivity contribution < 1.29 is 9.90 Å². The minimum absolute atomic E-state index is 0.126. The minimum atomic E-state index is -0.690. The van der Waals surface area contributed by atoms with Crippen LogP contribution in [-0.2, 0) is 4.79 Å². The van der Waals surface area contributed by atoms with E-state index in [1.807, 2.05) is 4.90 Å². The summed E-state index contributed by atoms with van der Waals surface area (Å²) in [5.74, 6) is -0.126. The molecule has 6 heteroatoms. The number of rotatable bonds is 3. The van der Waals surface area contributed by atoms with E-state index in [1.54, 1.807) is 25.1 Å². The number of β-amino-alcohol motifs (C(OH)–C–C–N with tert-alkyl or cyclic N) is 1. The van der Waals surface area contributed by atoms with Gasteiger partial charge in [0.15, 0.2) is 0 Å². The standard InChI is InChI=1S/C13H18ClN3O2/c1-13(19)4-5-17(8-13)7-12(18)16-9-2-3-10(14)11(15)6-9/h2-3,6,19H,4-5,7-8,15H2,1H3,(H,16,18). The number of carbonyl (C=O) groups excluding carboxylic acids is 1. The van der Waals surface area contributed by atoms with E-state index in [0.29, 0.717) is 29.4 Å². The third kappa shape index (κ3) is 3.83. The highest BCUT2D eigenvalue weighted by molar-refractivity contribution is 6.33. The van der Waals surface area contributed by atoms with Gasteiger partial charge in [-0.25, -0.2) is 0 Å². The molecule has 0 bridgehead atoms. The van der Waals surface area contributed by atoms with Gasteiger partial charge in [-0.1, -0.05) is 11.6 Å². The number of aliphatic hydroxyl groups is 1. The van der Waals surface area contributed by atoms with Crippen LogP contribution in [0.25, 0.3) is 0 Å². The number of anilines is 2. The Balaban J connectivity index is 1.89. The van der Waals surface area contributed by atoms with Crippen LogP contribution in [0.3, 0.4) is 0 Å². The Bertz CT molecular complexity index is 491. The van der Waals surface area contributed by atoms with Crippen LogP contribution in [0.5, 0.6) is 0 Å². The fourth-order valence-electron chi connectivity index (χ4n) is 2.20. The number of benzene rings is 1. The van der Waals surface area contributed by atoms with Crippen LogP contribution in [-0.4, -0.2) is 41.1 Å². The van der Waals surface area contributed by atoms with Gasteiger partial charge in [0.2, 0.25) is 5.91 Å². The lowest BCUT2D eigenvalue weighted by molar-refractivity contribution is -0.117. The van der Waals surface area contributed by atoms with E-state index < -0.39 is 5.60 Å². The molecular weight excluding hydrogens is 266 g/mol. The summed E-state index contributed by atoms with van der Waals surface area (Å²) in [4.78, 5) is 13.8. The third-order valence-corrected chi connectivity index (χ3v) is 3.52. The maximum Gasteiger partial charge on any atom is 0.238 e. The predicted molar refractivity (Wildman–Crippen MR) is 76.2 cm³/mol. The van der Waals surface area contributed by atoms with Crippen LogP contribution < -0.4 is 11.1 Å². The molecule has 4 N–H and O–H groups in total. The highest BCUT2D eigenvalue weighted by atomic mass is 35.5. The van der Waals surface area contributed by atoms with E-state index in [4.69, 9.17) is 17.3 Å². The molecule has 19 heavy (non-hydrogen) atoms. The molecular formula is C13H18ClN3O2. The summed E-state index contributed by atoms with van der Waals surface area (Å²) in [6.45, 7) is 3.29. The molecule has 1 amide bonds. The number of nitrogens with one attached hydrogen (secondary N) is 1. The van der Waals surface area contributed by atoms with Gasteiger partial charge in [0, 0.05) is 18.8 Å². The summed E-state index contributed by atoms with van der Waals surface area (Å²) in [5.41, 5.74) is 6.04. The van der Waals surface area contributed by atoms with Crippen molar-refractivity contribution in [3.63, 3.8) is 0 Å². The summed E-state index contributed by atoms with van der Waals surface area (Å²) in [5, 5.41) is 13.1. The number of hydrogen-bond donors (Lipinski definition) is 3. The molecule has 1 saturated heterocycles. The van der Waals surface area contributed by atoms with E-state index in [1.165, 1.54) is 0 Å². The van der Waals surface area contributed by atoms with E-state index >= 15 is 0 Å². The second-order valence-corrected chi connectivity index (χ2v) is 5.65. The van der Waals surface area contributed by atoms with E-state index in [2.05, 4.69) is 5.32 Å². The zero-order chi connectivity index (χ0) is 14.0. The highest BCUT2D eigenvalue weighted by Crippen LogP contribution is 2.23. The fraction of sp³-hybridized carbons (Fsp3) is 0.462. The topological polar surface area (TPSA) is 78.6 Å². The van der Waals surface area contributed by atoms with Crippen molar-refractivity contribution in [3.8, 4) is 0 Å². The SMILES string of the molecule is CC1(O)CCN(CC(=O)Nc2ccc(Cl)c(N)c2)C1. The maximum atomic E-state index is 11.9. The van der Waals surface area contributed by atoms with Crippen molar-refractivity contribution >= 4 is 28.9 Å². The summed E-state index contributed by atoms with van der Waals surface area (Å²) < 4.78 is 0. The smallest absolute Gasteiger partial charge is 0.238 e. The van der Waals surface area contributed by atoms with Crippen molar-refractivity contribution in [1.29, 1.82) is 0 Å². The van der Waals surface area contributed by atoms with Crippen LogP contribution in [0.15, 0.2) is 18.2 Å². The van der Waals surface area contributed by atoms with Gasteiger partial charge in [0.05, 0.1) is 22.9 Å². The van der Waals surface area contributed by atoms with Crippen molar-refractivity contribution in [1.82, 2.24) is 4.90 Å². The number of hydrogen-bond acceptors (Lipinski definition) is 4. The van der Waals surface area contributed by atoms with Crippen LogP contribution in [0.2, 0.25) is 5.02 Å². The molecule has 1 unspecified atom stereocenters. The molecule has 0 aromatic heterocycles. The van der Waals surface area contributed by atoms with Crippen molar-refractivity contribution in [3.05, 3.63) is 23.2 Å². The van der Waals surface area contributed by atoms with Gasteiger partial charge in [-0.2, -0.15) is 0 Å². The molecule has 5 nitrogen and oxygen atoms in total. The van der Waals surface area contributed by atoms with Gasteiger partial charge in [0.25, 0.3) is 0 Å². The first-order chi connectivity index (χ1) is 8.85. The average Bonchev–Trinajstić information content (AvgIpc) is 2.63. The molecule has 0 saturated carbocycles. The fourth-order valence-corrected chi connectivity index (χ4v) is 2.32. The molecule has 1 aromatic carbocycles. The van der Waals surface area contributed by atoms with Crippen molar-refractivity contribution in [2.45, 2.75) is 18.9 Å². The highest BCUT2D eigenvalue weighted by Gasteiger charge is 2.31. The molecule has 1 aliphatic rings. The Morgan fingerprint density at radius 1 is 1.63 bits per heavy atom. The van der Waals surface area contributed by atoms with E-state index in [9.17, 15) is 9.90 Å². The molecule has 0 spiro atoms. The maximum absolute atomic E-state index is 11.9. The number of amides is 1. The second kappa shape index (κ2) is 5.36. The lowest BCUT2D eigenvalue weighted by atomic mass is 10.1. The van der Waals surface area contributed by atoms with Crippen LogP contribution in [0.1, 0.15) is 13.3 Å². The lowest BCUT2D eigenvalue weighted by Gasteiger charge is -2.18. The predicted octanol–water partition coefficient (Wildman–Crippen LogP) is 1.32. The third-order valence-electron chi connectivity index (χ3n) is 3.18. The zero-order valence-electron chi connectivity index (χ0n) is 10.8. The first-order valence-electron chi connectivity index (χ1n) is 6.15. The average molecular weight is 284 g/mol. The van der Waals surface area contributed by atoms with Crippen molar-refractivity contribution in [2.75, 3.05) is 30.7 Å². The Labute approximate surface area is 117 Å². The number of nitrogens with two attached hydrogens (primary N) is 1. The second-order valence-electron chi connectivity index (χ2n) is 5.24. The Kier molecular flexibility index (Phi) is 3.99.